The molecule has 0 spiro atoms. The zero-order valence-corrected chi connectivity index (χ0v) is 10.9. The highest BCUT2D eigenvalue weighted by Gasteiger charge is 2.23. The summed E-state index contributed by atoms with van der Waals surface area (Å²) in [6, 6.07) is 8.50. The van der Waals surface area contributed by atoms with Gasteiger partial charge in [-0.15, -0.1) is 0 Å². The summed E-state index contributed by atoms with van der Waals surface area (Å²) in [6.07, 6.45) is -1.61. The molecular weight excluding hydrogens is 256 g/mol. The van der Waals surface area contributed by atoms with Gasteiger partial charge in [-0.3, -0.25) is 0 Å². The van der Waals surface area contributed by atoms with Gasteiger partial charge in [-0.2, -0.15) is 13.1 Å². The van der Waals surface area contributed by atoms with E-state index in [0.29, 0.717) is 0 Å². The Morgan fingerprint density at radius 3 is 2.22 bits per heavy atom. The lowest BCUT2D eigenvalue weighted by atomic mass is 9.97. The quantitative estimate of drug-likeness (QED) is 0.756. The number of hydrogen-bond acceptors (Lipinski definition) is 3. The highest BCUT2D eigenvalue weighted by Crippen LogP contribution is 2.21. The van der Waals surface area contributed by atoms with E-state index in [0.717, 1.165) is 5.56 Å². The molecule has 0 radical (unpaired) electrons. The molecule has 0 saturated heterocycles. The first-order chi connectivity index (χ1) is 8.32. The molecule has 6 nitrogen and oxygen atoms in total. The molecule has 1 rings (SSSR count). The highest BCUT2D eigenvalue weighted by atomic mass is 32.2. The SMILES string of the molecule is CC(C)C(NS(=O)(=O)NC(=O)O)c1ccccc1. The van der Waals surface area contributed by atoms with Gasteiger partial charge in [0, 0.05) is 0 Å². The van der Waals surface area contributed by atoms with Crippen LogP contribution in [0.25, 0.3) is 0 Å². The fourth-order valence-electron chi connectivity index (χ4n) is 1.56. The maximum Gasteiger partial charge on any atom is 0.419 e. The van der Waals surface area contributed by atoms with Crippen molar-refractivity contribution in [3.8, 4) is 0 Å². The van der Waals surface area contributed by atoms with Crippen molar-refractivity contribution < 1.29 is 18.3 Å². The maximum atomic E-state index is 11.5. The van der Waals surface area contributed by atoms with Crippen molar-refractivity contribution in [2.24, 2.45) is 5.92 Å². The average molecular weight is 272 g/mol. The van der Waals surface area contributed by atoms with Gasteiger partial charge in [0.05, 0.1) is 6.04 Å². The van der Waals surface area contributed by atoms with Crippen molar-refractivity contribution in [1.82, 2.24) is 9.44 Å². The van der Waals surface area contributed by atoms with Gasteiger partial charge in [-0.1, -0.05) is 44.2 Å². The molecule has 0 aliphatic heterocycles. The molecule has 7 heteroatoms. The van der Waals surface area contributed by atoms with Gasteiger partial charge in [0.15, 0.2) is 0 Å². The van der Waals surface area contributed by atoms with E-state index >= 15 is 0 Å². The minimum Gasteiger partial charge on any atom is -0.464 e. The molecule has 1 amide bonds. The van der Waals surface area contributed by atoms with Crippen LogP contribution < -0.4 is 9.44 Å². The zero-order chi connectivity index (χ0) is 13.8. The zero-order valence-electron chi connectivity index (χ0n) is 10.1. The van der Waals surface area contributed by atoms with Crippen LogP contribution >= 0.6 is 0 Å². The predicted octanol–water partition coefficient (Wildman–Crippen LogP) is 1.49. The van der Waals surface area contributed by atoms with E-state index in [4.69, 9.17) is 5.11 Å². The van der Waals surface area contributed by atoms with E-state index in [-0.39, 0.29) is 5.92 Å². The number of rotatable bonds is 5. The van der Waals surface area contributed by atoms with Crippen LogP contribution in [0, 0.1) is 5.92 Å². The smallest absolute Gasteiger partial charge is 0.419 e. The summed E-state index contributed by atoms with van der Waals surface area (Å²) in [5.41, 5.74) is 0.781. The first-order valence-electron chi connectivity index (χ1n) is 5.40. The Morgan fingerprint density at radius 1 is 1.22 bits per heavy atom. The van der Waals surface area contributed by atoms with Gasteiger partial charge >= 0.3 is 16.3 Å². The molecule has 0 saturated carbocycles. The summed E-state index contributed by atoms with van der Waals surface area (Å²) in [5, 5.41) is 8.44. The topological polar surface area (TPSA) is 95.5 Å². The van der Waals surface area contributed by atoms with Crippen LogP contribution in [-0.4, -0.2) is 19.6 Å². The van der Waals surface area contributed by atoms with Gasteiger partial charge in [-0.25, -0.2) is 9.52 Å². The molecule has 100 valence electrons. The van der Waals surface area contributed by atoms with E-state index < -0.39 is 22.3 Å². The number of hydrogen-bond donors (Lipinski definition) is 3. The third kappa shape index (κ3) is 4.34. The molecule has 0 heterocycles. The summed E-state index contributed by atoms with van der Waals surface area (Å²) >= 11 is 0. The van der Waals surface area contributed by atoms with Crippen LogP contribution in [0.3, 0.4) is 0 Å². The van der Waals surface area contributed by atoms with Crippen molar-refractivity contribution in [1.29, 1.82) is 0 Å². The van der Waals surface area contributed by atoms with Crippen molar-refractivity contribution >= 4 is 16.3 Å². The van der Waals surface area contributed by atoms with Crippen molar-refractivity contribution in [2.75, 3.05) is 0 Å². The number of carbonyl (C=O) groups is 1. The van der Waals surface area contributed by atoms with Crippen LogP contribution in [0.2, 0.25) is 0 Å². The second kappa shape index (κ2) is 5.83. The molecule has 1 atom stereocenters. The second-order valence-electron chi connectivity index (χ2n) is 4.16. The highest BCUT2D eigenvalue weighted by molar-refractivity contribution is 7.88. The third-order valence-electron chi connectivity index (χ3n) is 2.33. The first-order valence-corrected chi connectivity index (χ1v) is 6.88. The predicted molar refractivity (Wildman–Crippen MR) is 67.2 cm³/mol. The Labute approximate surface area is 106 Å². The van der Waals surface area contributed by atoms with Crippen molar-refractivity contribution in [3.05, 3.63) is 35.9 Å². The largest absolute Gasteiger partial charge is 0.464 e. The molecule has 18 heavy (non-hydrogen) atoms. The molecule has 3 N–H and O–H groups in total. The summed E-state index contributed by atoms with van der Waals surface area (Å²) in [5.74, 6) is -0.0160. The molecule has 0 bridgehead atoms. The maximum absolute atomic E-state index is 11.5. The minimum absolute atomic E-state index is 0.0160. The summed E-state index contributed by atoms with van der Waals surface area (Å²) < 4.78 is 26.8. The van der Waals surface area contributed by atoms with E-state index in [9.17, 15) is 13.2 Å². The summed E-state index contributed by atoms with van der Waals surface area (Å²) in [6.45, 7) is 3.70. The normalized spacial score (nSPS) is 13.3. The average Bonchev–Trinajstić information content (AvgIpc) is 2.25. The van der Waals surface area contributed by atoms with Crippen LogP contribution in [0.5, 0.6) is 0 Å². The Bertz CT molecular complexity index is 499. The fourth-order valence-corrected chi connectivity index (χ4v) is 2.59. The monoisotopic (exact) mass is 272 g/mol. The van der Waals surface area contributed by atoms with Crippen molar-refractivity contribution in [2.45, 2.75) is 19.9 Å². The molecule has 0 fully saturated rings. The Morgan fingerprint density at radius 2 is 1.78 bits per heavy atom. The number of amides is 1. The van der Waals surface area contributed by atoms with Crippen molar-refractivity contribution in [3.63, 3.8) is 0 Å². The third-order valence-corrected chi connectivity index (χ3v) is 3.34. The van der Waals surface area contributed by atoms with E-state index in [1.807, 2.05) is 19.9 Å². The summed E-state index contributed by atoms with van der Waals surface area (Å²) in [4.78, 5) is 10.4. The van der Waals surface area contributed by atoms with Gasteiger partial charge < -0.3 is 5.11 Å². The molecule has 1 unspecified atom stereocenters. The molecule has 0 aromatic heterocycles. The van der Waals surface area contributed by atoms with Gasteiger partial charge in [0.25, 0.3) is 0 Å². The lowest BCUT2D eigenvalue weighted by molar-refractivity contribution is 0.201. The lowest BCUT2D eigenvalue weighted by Crippen LogP contribution is -2.42. The first kappa shape index (κ1) is 14.5. The summed E-state index contributed by atoms with van der Waals surface area (Å²) in [7, 11) is -4.07. The minimum atomic E-state index is -4.07. The van der Waals surface area contributed by atoms with Crippen LogP contribution in [0.4, 0.5) is 4.79 Å². The molecule has 0 aliphatic carbocycles. The molecule has 1 aromatic carbocycles. The Balaban J connectivity index is 2.92. The van der Waals surface area contributed by atoms with E-state index in [1.54, 1.807) is 24.3 Å². The lowest BCUT2D eigenvalue weighted by Gasteiger charge is -2.22. The Hall–Kier alpha value is -1.60. The fraction of sp³-hybridized carbons (Fsp3) is 0.364. The van der Waals surface area contributed by atoms with Gasteiger partial charge in [-0.05, 0) is 11.5 Å². The standard InChI is InChI=1S/C11H16N2O4S/c1-8(2)10(9-6-4-3-5-7-9)12-18(16,17)13-11(14)15/h3-8,10,12-13H,1-2H3,(H,14,15). The van der Waals surface area contributed by atoms with Crippen LogP contribution in [-0.2, 0) is 10.2 Å². The van der Waals surface area contributed by atoms with E-state index in [1.165, 1.54) is 4.72 Å². The molecule has 0 aliphatic rings. The number of nitrogens with one attached hydrogen (secondary N) is 2. The van der Waals surface area contributed by atoms with Gasteiger partial charge in [0.2, 0.25) is 0 Å². The molecule has 1 aromatic rings. The number of benzene rings is 1. The molecular formula is C11H16N2O4S. The van der Waals surface area contributed by atoms with Gasteiger partial charge in [0.1, 0.15) is 0 Å². The Kier molecular flexibility index (Phi) is 4.69. The van der Waals surface area contributed by atoms with Crippen LogP contribution in [0.1, 0.15) is 25.5 Å². The van der Waals surface area contributed by atoms with E-state index in [2.05, 4.69) is 4.72 Å². The van der Waals surface area contributed by atoms with Crippen LogP contribution in [0.15, 0.2) is 30.3 Å². The number of carboxylic acid groups (broad SMARTS) is 1. The second-order valence-corrected chi connectivity index (χ2v) is 5.61.